The number of amides is 2. The molecule has 7 nitrogen and oxygen atoms in total. The lowest BCUT2D eigenvalue weighted by molar-refractivity contribution is -0.117. The Hall–Kier alpha value is -2.71. The summed E-state index contributed by atoms with van der Waals surface area (Å²) in [6, 6.07) is 13.8. The molecule has 142 valence electrons. The van der Waals surface area contributed by atoms with E-state index in [2.05, 4.69) is 15.4 Å². The molecule has 1 saturated carbocycles. The first-order chi connectivity index (χ1) is 12.8. The van der Waals surface area contributed by atoms with Crippen LogP contribution in [-0.2, 0) is 14.8 Å². The van der Waals surface area contributed by atoms with Crippen LogP contribution in [0.2, 0.25) is 0 Å². The number of carbonyl (C=O) groups is 2. The third-order valence-corrected chi connectivity index (χ3v) is 5.64. The Morgan fingerprint density at radius 2 is 1.63 bits per heavy atom. The number of anilines is 1. The average Bonchev–Trinajstić information content (AvgIpc) is 3.46. The van der Waals surface area contributed by atoms with Gasteiger partial charge in [-0.25, -0.2) is 13.1 Å². The molecule has 3 N–H and O–H groups in total. The van der Waals surface area contributed by atoms with E-state index in [4.69, 9.17) is 0 Å². The lowest BCUT2D eigenvalue weighted by Crippen LogP contribution is -2.41. The Labute approximate surface area is 158 Å². The van der Waals surface area contributed by atoms with Gasteiger partial charge in [-0.15, -0.1) is 0 Å². The molecule has 0 aliphatic heterocycles. The van der Waals surface area contributed by atoms with Crippen LogP contribution >= 0.6 is 0 Å². The van der Waals surface area contributed by atoms with E-state index in [0.29, 0.717) is 11.3 Å². The fourth-order valence-corrected chi connectivity index (χ4v) is 3.70. The predicted molar refractivity (Wildman–Crippen MR) is 102 cm³/mol. The second-order valence-electron chi connectivity index (χ2n) is 6.47. The first-order valence-corrected chi connectivity index (χ1v) is 10.1. The van der Waals surface area contributed by atoms with E-state index in [-0.39, 0.29) is 16.8 Å². The van der Waals surface area contributed by atoms with Crippen LogP contribution in [0.1, 0.15) is 30.1 Å². The van der Waals surface area contributed by atoms with Crippen LogP contribution in [0.4, 0.5) is 5.69 Å². The standard InChI is InChI=1S/C19H21N3O4S/c1-13(20-19(24)14-5-3-2-4-6-14)18(23)21-15-9-11-17(12-10-15)27(25,26)22-16-7-8-16/h2-6,9-13,16,22H,7-8H2,1H3,(H,20,24)(H,21,23)/t13-/m1/s1. The molecule has 2 amide bonds. The van der Waals surface area contributed by atoms with Gasteiger partial charge in [0, 0.05) is 17.3 Å². The lowest BCUT2D eigenvalue weighted by atomic mass is 10.2. The molecule has 8 heteroatoms. The summed E-state index contributed by atoms with van der Waals surface area (Å²) in [6.07, 6.45) is 1.72. The van der Waals surface area contributed by atoms with Crippen molar-refractivity contribution in [2.75, 3.05) is 5.32 Å². The summed E-state index contributed by atoms with van der Waals surface area (Å²) in [5.74, 6) is -0.739. The maximum Gasteiger partial charge on any atom is 0.251 e. The third-order valence-electron chi connectivity index (χ3n) is 4.11. The Balaban J connectivity index is 1.57. The van der Waals surface area contributed by atoms with Crippen molar-refractivity contribution in [1.29, 1.82) is 0 Å². The van der Waals surface area contributed by atoms with E-state index in [0.717, 1.165) is 12.8 Å². The fourth-order valence-electron chi connectivity index (χ4n) is 2.39. The van der Waals surface area contributed by atoms with E-state index in [1.165, 1.54) is 24.3 Å². The minimum atomic E-state index is -3.52. The molecule has 2 aromatic carbocycles. The van der Waals surface area contributed by atoms with Gasteiger partial charge in [-0.1, -0.05) is 18.2 Å². The quantitative estimate of drug-likeness (QED) is 0.675. The molecule has 3 rings (SSSR count). The van der Waals surface area contributed by atoms with Gasteiger partial charge in [0.2, 0.25) is 15.9 Å². The summed E-state index contributed by atoms with van der Waals surface area (Å²) in [5, 5.41) is 5.28. The zero-order chi connectivity index (χ0) is 19.4. The second kappa shape index (κ2) is 7.89. The molecule has 1 atom stereocenters. The van der Waals surface area contributed by atoms with Crippen LogP contribution in [0, 0.1) is 0 Å². The zero-order valence-corrected chi connectivity index (χ0v) is 15.6. The topological polar surface area (TPSA) is 104 Å². The predicted octanol–water partition coefficient (Wildman–Crippen LogP) is 1.88. The fraction of sp³-hybridized carbons (Fsp3) is 0.263. The summed E-state index contributed by atoms with van der Waals surface area (Å²) < 4.78 is 26.9. The molecule has 27 heavy (non-hydrogen) atoms. The van der Waals surface area contributed by atoms with Gasteiger partial charge >= 0.3 is 0 Å². The largest absolute Gasteiger partial charge is 0.341 e. The number of sulfonamides is 1. The Kier molecular flexibility index (Phi) is 5.57. The summed E-state index contributed by atoms with van der Waals surface area (Å²) in [7, 11) is -3.52. The lowest BCUT2D eigenvalue weighted by Gasteiger charge is -2.14. The summed E-state index contributed by atoms with van der Waals surface area (Å²) in [6.45, 7) is 1.58. The van der Waals surface area contributed by atoms with Crippen molar-refractivity contribution in [2.24, 2.45) is 0 Å². The number of carbonyl (C=O) groups excluding carboxylic acids is 2. The van der Waals surface area contributed by atoms with Gasteiger partial charge in [0.25, 0.3) is 5.91 Å². The molecule has 1 fully saturated rings. The number of benzene rings is 2. The van der Waals surface area contributed by atoms with Crippen LogP contribution in [0.5, 0.6) is 0 Å². The summed E-state index contributed by atoms with van der Waals surface area (Å²) in [5.41, 5.74) is 0.918. The van der Waals surface area contributed by atoms with Gasteiger partial charge in [0.05, 0.1) is 4.90 Å². The van der Waals surface area contributed by atoms with Crippen molar-refractivity contribution in [3.8, 4) is 0 Å². The van der Waals surface area contributed by atoms with Crippen molar-refractivity contribution in [2.45, 2.75) is 36.7 Å². The Bertz CT molecular complexity index is 923. The van der Waals surface area contributed by atoms with Crippen LogP contribution in [0.15, 0.2) is 59.5 Å². The van der Waals surface area contributed by atoms with Gasteiger partial charge in [0.15, 0.2) is 0 Å². The van der Waals surface area contributed by atoms with E-state index in [9.17, 15) is 18.0 Å². The molecule has 1 aliphatic carbocycles. The third kappa shape index (κ3) is 5.15. The van der Waals surface area contributed by atoms with E-state index < -0.39 is 22.0 Å². The van der Waals surface area contributed by atoms with Crippen molar-refractivity contribution in [3.63, 3.8) is 0 Å². The number of nitrogens with one attached hydrogen (secondary N) is 3. The molecule has 1 aliphatic rings. The molecule has 0 radical (unpaired) electrons. The minimum Gasteiger partial charge on any atom is -0.341 e. The van der Waals surface area contributed by atoms with Crippen molar-refractivity contribution in [1.82, 2.24) is 10.0 Å². The van der Waals surface area contributed by atoms with Crippen LogP contribution in [0.3, 0.4) is 0 Å². The van der Waals surface area contributed by atoms with Gasteiger partial charge in [-0.2, -0.15) is 0 Å². The molecule has 2 aromatic rings. The molecule has 0 aromatic heterocycles. The molecule has 0 heterocycles. The highest BCUT2D eigenvalue weighted by Crippen LogP contribution is 2.22. The van der Waals surface area contributed by atoms with Crippen LogP contribution < -0.4 is 15.4 Å². The molecule has 0 unspecified atom stereocenters. The maximum absolute atomic E-state index is 12.3. The van der Waals surface area contributed by atoms with E-state index in [1.807, 2.05) is 0 Å². The first kappa shape index (κ1) is 19.1. The monoisotopic (exact) mass is 387 g/mol. The molecule has 0 bridgehead atoms. The molecule has 0 saturated heterocycles. The van der Waals surface area contributed by atoms with Gasteiger partial charge in [-0.05, 0) is 56.2 Å². The van der Waals surface area contributed by atoms with Crippen LogP contribution in [-0.4, -0.2) is 32.3 Å². The molecular weight excluding hydrogens is 366 g/mol. The smallest absolute Gasteiger partial charge is 0.251 e. The van der Waals surface area contributed by atoms with E-state index in [1.54, 1.807) is 37.3 Å². The second-order valence-corrected chi connectivity index (χ2v) is 8.18. The van der Waals surface area contributed by atoms with Crippen molar-refractivity contribution >= 4 is 27.5 Å². The van der Waals surface area contributed by atoms with Crippen LogP contribution in [0.25, 0.3) is 0 Å². The number of hydrogen-bond acceptors (Lipinski definition) is 4. The maximum atomic E-state index is 12.3. The highest BCUT2D eigenvalue weighted by molar-refractivity contribution is 7.89. The van der Waals surface area contributed by atoms with Gasteiger partial charge in [-0.3, -0.25) is 9.59 Å². The SMILES string of the molecule is C[C@@H](NC(=O)c1ccccc1)C(=O)Nc1ccc(S(=O)(=O)NC2CC2)cc1. The van der Waals surface area contributed by atoms with Gasteiger partial charge < -0.3 is 10.6 Å². The highest BCUT2D eigenvalue weighted by atomic mass is 32.2. The highest BCUT2D eigenvalue weighted by Gasteiger charge is 2.27. The molecule has 0 spiro atoms. The zero-order valence-electron chi connectivity index (χ0n) is 14.8. The first-order valence-electron chi connectivity index (χ1n) is 8.64. The Morgan fingerprint density at radius 3 is 2.22 bits per heavy atom. The summed E-state index contributed by atoms with van der Waals surface area (Å²) in [4.78, 5) is 24.5. The number of rotatable bonds is 7. The number of hydrogen-bond donors (Lipinski definition) is 3. The normalized spacial score (nSPS) is 15.0. The van der Waals surface area contributed by atoms with Crippen molar-refractivity contribution < 1.29 is 18.0 Å². The molecular formula is C19H21N3O4S. The van der Waals surface area contributed by atoms with E-state index >= 15 is 0 Å². The van der Waals surface area contributed by atoms with Crippen molar-refractivity contribution in [3.05, 3.63) is 60.2 Å². The van der Waals surface area contributed by atoms with Gasteiger partial charge in [0.1, 0.15) is 6.04 Å². The minimum absolute atomic E-state index is 0.0310. The average molecular weight is 387 g/mol. The Morgan fingerprint density at radius 1 is 1.00 bits per heavy atom. The summed E-state index contributed by atoms with van der Waals surface area (Å²) >= 11 is 0.